The zero-order valence-electron chi connectivity index (χ0n) is 13.4. The van der Waals surface area contributed by atoms with E-state index < -0.39 is 6.09 Å². The number of carbonyl (C=O) groups excluding carboxylic acids is 2. The largest absolute Gasteiger partial charge is 0.493 e. The second kappa shape index (κ2) is 10.1. The van der Waals surface area contributed by atoms with Gasteiger partial charge in [-0.1, -0.05) is 18.7 Å². The van der Waals surface area contributed by atoms with E-state index in [0.29, 0.717) is 18.0 Å². The molecule has 0 saturated heterocycles. The maximum Gasteiger partial charge on any atom is 0.407 e. The summed E-state index contributed by atoms with van der Waals surface area (Å²) in [7, 11) is 3.09. The lowest BCUT2D eigenvalue weighted by atomic mass is 10.1. The monoisotopic (exact) mass is 322 g/mol. The van der Waals surface area contributed by atoms with Crippen LogP contribution in [0.4, 0.5) is 4.79 Å². The number of benzene rings is 1. The van der Waals surface area contributed by atoms with E-state index in [4.69, 9.17) is 14.2 Å². The Bertz CT molecular complexity index is 545. The van der Waals surface area contributed by atoms with Crippen LogP contribution in [0.3, 0.4) is 0 Å². The lowest BCUT2D eigenvalue weighted by molar-refractivity contribution is -0.120. The van der Waals surface area contributed by atoms with Crippen LogP contribution in [-0.4, -0.2) is 45.9 Å². The fourth-order valence-corrected chi connectivity index (χ4v) is 1.79. The number of alkyl carbamates (subject to hydrolysis) is 1. The summed E-state index contributed by atoms with van der Waals surface area (Å²) in [6.07, 6.45) is 1.14. The summed E-state index contributed by atoms with van der Waals surface area (Å²) < 4.78 is 15.1. The zero-order valence-corrected chi connectivity index (χ0v) is 13.4. The second-order valence-electron chi connectivity index (χ2n) is 4.53. The number of carbonyl (C=O) groups is 2. The van der Waals surface area contributed by atoms with Crippen LogP contribution in [-0.2, 0) is 16.0 Å². The Kier molecular flexibility index (Phi) is 8.06. The number of ether oxygens (including phenoxy) is 3. The quantitative estimate of drug-likeness (QED) is 0.528. The van der Waals surface area contributed by atoms with Gasteiger partial charge in [0.05, 0.1) is 20.6 Å². The summed E-state index contributed by atoms with van der Waals surface area (Å²) in [6, 6.07) is 5.30. The highest BCUT2D eigenvalue weighted by Crippen LogP contribution is 2.27. The first-order valence-electron chi connectivity index (χ1n) is 7.09. The molecule has 0 aromatic heterocycles. The molecule has 0 aliphatic heterocycles. The van der Waals surface area contributed by atoms with E-state index in [1.54, 1.807) is 32.4 Å². The molecule has 0 spiro atoms. The standard InChI is InChI=1S/C16H22N2O5/c1-4-9-23-16(20)18-8-7-17-15(19)11-12-5-6-13(21-2)14(10-12)22-3/h4-6,10H,1,7-9,11H2,2-3H3,(H,17,19)(H,18,20). The molecule has 2 amide bonds. The van der Waals surface area contributed by atoms with E-state index in [1.807, 2.05) is 0 Å². The number of hydrogen-bond acceptors (Lipinski definition) is 5. The van der Waals surface area contributed by atoms with Gasteiger partial charge in [0.15, 0.2) is 11.5 Å². The third-order valence-corrected chi connectivity index (χ3v) is 2.86. The molecule has 0 aliphatic rings. The van der Waals surface area contributed by atoms with E-state index in [1.165, 1.54) is 6.08 Å². The lowest BCUT2D eigenvalue weighted by Gasteiger charge is -2.10. The molecule has 1 rings (SSSR count). The van der Waals surface area contributed by atoms with Gasteiger partial charge in [-0.3, -0.25) is 4.79 Å². The second-order valence-corrected chi connectivity index (χ2v) is 4.53. The van der Waals surface area contributed by atoms with Crippen LogP contribution >= 0.6 is 0 Å². The van der Waals surface area contributed by atoms with Gasteiger partial charge in [0.25, 0.3) is 0 Å². The van der Waals surface area contributed by atoms with Crippen LogP contribution in [0.25, 0.3) is 0 Å². The number of hydrogen-bond donors (Lipinski definition) is 2. The molecule has 126 valence electrons. The molecular weight excluding hydrogens is 300 g/mol. The van der Waals surface area contributed by atoms with Gasteiger partial charge in [-0.2, -0.15) is 0 Å². The van der Waals surface area contributed by atoms with Crippen molar-refractivity contribution in [3.63, 3.8) is 0 Å². The topological polar surface area (TPSA) is 85.9 Å². The average Bonchev–Trinajstić information content (AvgIpc) is 2.56. The third kappa shape index (κ3) is 6.73. The predicted molar refractivity (Wildman–Crippen MR) is 85.8 cm³/mol. The molecule has 0 aliphatic carbocycles. The van der Waals surface area contributed by atoms with Crippen LogP contribution in [0.15, 0.2) is 30.9 Å². The van der Waals surface area contributed by atoms with Gasteiger partial charge in [0.2, 0.25) is 5.91 Å². The lowest BCUT2D eigenvalue weighted by Crippen LogP contribution is -2.35. The average molecular weight is 322 g/mol. The Labute approximate surface area is 135 Å². The minimum Gasteiger partial charge on any atom is -0.493 e. The highest BCUT2D eigenvalue weighted by molar-refractivity contribution is 5.78. The molecule has 0 radical (unpaired) electrons. The van der Waals surface area contributed by atoms with Gasteiger partial charge in [0, 0.05) is 13.1 Å². The van der Waals surface area contributed by atoms with Crippen molar-refractivity contribution in [3.05, 3.63) is 36.4 Å². The highest BCUT2D eigenvalue weighted by atomic mass is 16.5. The van der Waals surface area contributed by atoms with E-state index >= 15 is 0 Å². The third-order valence-electron chi connectivity index (χ3n) is 2.86. The normalized spacial score (nSPS) is 9.65. The molecule has 1 aromatic rings. The number of amides is 2. The Hall–Kier alpha value is -2.70. The number of nitrogens with one attached hydrogen (secondary N) is 2. The molecule has 0 bridgehead atoms. The van der Waals surface area contributed by atoms with Crippen molar-refractivity contribution in [1.82, 2.24) is 10.6 Å². The van der Waals surface area contributed by atoms with E-state index in [0.717, 1.165) is 5.56 Å². The van der Waals surface area contributed by atoms with Gasteiger partial charge in [-0.15, -0.1) is 0 Å². The maximum atomic E-state index is 11.8. The molecule has 0 saturated carbocycles. The maximum absolute atomic E-state index is 11.8. The highest BCUT2D eigenvalue weighted by Gasteiger charge is 2.08. The van der Waals surface area contributed by atoms with Crippen molar-refractivity contribution in [1.29, 1.82) is 0 Å². The fourth-order valence-electron chi connectivity index (χ4n) is 1.79. The molecule has 0 heterocycles. The van der Waals surface area contributed by atoms with Gasteiger partial charge in [-0.25, -0.2) is 4.79 Å². The molecular formula is C16H22N2O5. The molecule has 2 N–H and O–H groups in total. The van der Waals surface area contributed by atoms with Crippen molar-refractivity contribution in [3.8, 4) is 11.5 Å². The molecule has 0 fully saturated rings. The first kappa shape index (κ1) is 18.3. The smallest absolute Gasteiger partial charge is 0.407 e. The first-order valence-corrected chi connectivity index (χ1v) is 7.09. The van der Waals surface area contributed by atoms with Crippen LogP contribution in [0.5, 0.6) is 11.5 Å². The SMILES string of the molecule is C=CCOC(=O)NCCNC(=O)Cc1ccc(OC)c(OC)c1. The Balaban J connectivity index is 2.34. The Morgan fingerprint density at radius 3 is 2.48 bits per heavy atom. The van der Waals surface area contributed by atoms with E-state index in [-0.39, 0.29) is 25.5 Å². The molecule has 1 aromatic carbocycles. The van der Waals surface area contributed by atoms with Crippen LogP contribution in [0.2, 0.25) is 0 Å². The summed E-state index contributed by atoms with van der Waals surface area (Å²) in [5, 5.41) is 5.22. The van der Waals surface area contributed by atoms with E-state index in [2.05, 4.69) is 17.2 Å². The summed E-state index contributed by atoms with van der Waals surface area (Å²) >= 11 is 0. The van der Waals surface area contributed by atoms with Crippen molar-refractivity contribution in [2.75, 3.05) is 33.9 Å². The first-order chi connectivity index (χ1) is 11.1. The summed E-state index contributed by atoms with van der Waals surface area (Å²) in [6.45, 7) is 4.19. The van der Waals surface area contributed by atoms with Crippen molar-refractivity contribution in [2.45, 2.75) is 6.42 Å². The fraction of sp³-hybridized carbons (Fsp3) is 0.375. The number of rotatable bonds is 9. The van der Waals surface area contributed by atoms with Gasteiger partial charge in [-0.05, 0) is 17.7 Å². The summed E-state index contributed by atoms with van der Waals surface area (Å²) in [4.78, 5) is 23.0. The molecule has 7 nitrogen and oxygen atoms in total. The van der Waals surface area contributed by atoms with E-state index in [9.17, 15) is 9.59 Å². The van der Waals surface area contributed by atoms with Gasteiger partial charge >= 0.3 is 6.09 Å². The molecule has 0 unspecified atom stereocenters. The minimum absolute atomic E-state index is 0.150. The van der Waals surface area contributed by atoms with Crippen molar-refractivity contribution < 1.29 is 23.8 Å². The zero-order chi connectivity index (χ0) is 17.1. The van der Waals surface area contributed by atoms with Crippen LogP contribution < -0.4 is 20.1 Å². The molecule has 7 heteroatoms. The van der Waals surface area contributed by atoms with Crippen LogP contribution in [0, 0.1) is 0 Å². The van der Waals surface area contributed by atoms with Gasteiger partial charge in [0.1, 0.15) is 6.61 Å². The Morgan fingerprint density at radius 1 is 1.13 bits per heavy atom. The predicted octanol–water partition coefficient (Wildman–Crippen LogP) is 1.27. The van der Waals surface area contributed by atoms with Crippen molar-refractivity contribution >= 4 is 12.0 Å². The minimum atomic E-state index is -0.543. The molecule has 0 atom stereocenters. The summed E-state index contributed by atoms with van der Waals surface area (Å²) in [5.74, 6) is 1.03. The van der Waals surface area contributed by atoms with Crippen LogP contribution in [0.1, 0.15) is 5.56 Å². The summed E-state index contributed by atoms with van der Waals surface area (Å²) in [5.41, 5.74) is 0.804. The molecule has 23 heavy (non-hydrogen) atoms. The van der Waals surface area contributed by atoms with Gasteiger partial charge < -0.3 is 24.8 Å². The van der Waals surface area contributed by atoms with Crippen molar-refractivity contribution in [2.24, 2.45) is 0 Å². The number of methoxy groups -OCH3 is 2. The Morgan fingerprint density at radius 2 is 1.83 bits per heavy atom.